The number of halogens is 1. The maximum absolute atomic E-state index is 12.2. The molecular formula is C13H18ClN3O2. The number of nitrogens with one attached hydrogen (secondary N) is 2. The van der Waals surface area contributed by atoms with Gasteiger partial charge < -0.3 is 15.4 Å². The van der Waals surface area contributed by atoms with Gasteiger partial charge in [0.1, 0.15) is 11.5 Å². The monoisotopic (exact) mass is 283 g/mol. The molecule has 1 fully saturated rings. The summed E-state index contributed by atoms with van der Waals surface area (Å²) in [5, 5.41) is 6.35. The fourth-order valence-corrected chi connectivity index (χ4v) is 2.17. The summed E-state index contributed by atoms with van der Waals surface area (Å²) in [6, 6.07) is 3.43. The topological polar surface area (TPSA) is 63.2 Å². The third-order valence-electron chi connectivity index (χ3n) is 3.05. The molecule has 2 rings (SSSR count). The van der Waals surface area contributed by atoms with Crippen molar-refractivity contribution in [2.24, 2.45) is 0 Å². The first kappa shape index (κ1) is 14.1. The second-order valence-corrected chi connectivity index (χ2v) is 5.28. The summed E-state index contributed by atoms with van der Waals surface area (Å²) in [5.74, 6) is 0.377. The van der Waals surface area contributed by atoms with Crippen molar-refractivity contribution in [3.63, 3.8) is 0 Å². The number of pyridine rings is 1. The number of carbonyl (C=O) groups is 1. The molecule has 2 heterocycles. The van der Waals surface area contributed by atoms with Crippen LogP contribution in [0.5, 0.6) is 0 Å². The van der Waals surface area contributed by atoms with Gasteiger partial charge in [-0.3, -0.25) is 4.79 Å². The minimum absolute atomic E-state index is 0.244. The number of ether oxygens (including phenoxy) is 1. The zero-order chi connectivity index (χ0) is 13.9. The Hall–Kier alpha value is -1.33. The van der Waals surface area contributed by atoms with E-state index in [9.17, 15) is 4.79 Å². The molecule has 1 aliphatic heterocycles. The van der Waals surface area contributed by atoms with Crippen LogP contribution in [0.15, 0.2) is 12.1 Å². The van der Waals surface area contributed by atoms with Gasteiger partial charge in [0.05, 0.1) is 17.2 Å². The molecule has 19 heavy (non-hydrogen) atoms. The van der Waals surface area contributed by atoms with E-state index in [0.29, 0.717) is 24.1 Å². The fraction of sp³-hybridized carbons (Fsp3) is 0.538. The van der Waals surface area contributed by atoms with Gasteiger partial charge in [-0.05, 0) is 32.4 Å². The van der Waals surface area contributed by atoms with Gasteiger partial charge in [0, 0.05) is 13.2 Å². The molecule has 0 aliphatic carbocycles. The molecule has 0 aromatic carbocycles. The fourth-order valence-electron chi connectivity index (χ4n) is 1.98. The first-order valence-electron chi connectivity index (χ1n) is 6.35. The molecule has 0 radical (unpaired) electrons. The molecule has 1 saturated heterocycles. The standard InChI is InChI=1S/C13H18ClN3O2/c1-3-15-10-5-4-9(14)11(16-10)12(18)17-13(2)6-7-19-8-13/h4-5H,3,6-8H2,1-2H3,(H,15,16)(H,17,18). The van der Waals surface area contributed by atoms with E-state index in [0.717, 1.165) is 13.0 Å². The lowest BCUT2D eigenvalue weighted by molar-refractivity contribution is 0.0885. The molecule has 1 amide bonds. The Morgan fingerprint density at radius 1 is 1.58 bits per heavy atom. The van der Waals surface area contributed by atoms with Crippen molar-refractivity contribution in [1.29, 1.82) is 0 Å². The van der Waals surface area contributed by atoms with Crippen molar-refractivity contribution in [3.05, 3.63) is 22.8 Å². The molecule has 104 valence electrons. The van der Waals surface area contributed by atoms with E-state index in [2.05, 4.69) is 15.6 Å². The van der Waals surface area contributed by atoms with E-state index in [-0.39, 0.29) is 17.1 Å². The van der Waals surface area contributed by atoms with E-state index in [1.165, 1.54) is 0 Å². The number of anilines is 1. The van der Waals surface area contributed by atoms with Crippen LogP contribution in [0.2, 0.25) is 5.02 Å². The molecule has 1 aromatic rings. The van der Waals surface area contributed by atoms with E-state index >= 15 is 0 Å². The van der Waals surface area contributed by atoms with Gasteiger partial charge in [-0.2, -0.15) is 0 Å². The van der Waals surface area contributed by atoms with Crippen LogP contribution < -0.4 is 10.6 Å². The van der Waals surface area contributed by atoms with Gasteiger partial charge in [-0.25, -0.2) is 4.98 Å². The molecule has 5 nitrogen and oxygen atoms in total. The Balaban J connectivity index is 2.15. The predicted molar refractivity (Wildman–Crippen MR) is 74.7 cm³/mol. The molecule has 1 atom stereocenters. The molecular weight excluding hydrogens is 266 g/mol. The molecule has 6 heteroatoms. The van der Waals surface area contributed by atoms with E-state index < -0.39 is 0 Å². The van der Waals surface area contributed by atoms with Gasteiger partial charge in [-0.1, -0.05) is 11.6 Å². The van der Waals surface area contributed by atoms with Crippen LogP contribution >= 0.6 is 11.6 Å². The zero-order valence-electron chi connectivity index (χ0n) is 11.1. The highest BCUT2D eigenvalue weighted by Crippen LogP contribution is 2.21. The molecule has 2 N–H and O–H groups in total. The largest absolute Gasteiger partial charge is 0.379 e. The van der Waals surface area contributed by atoms with Gasteiger partial charge in [-0.15, -0.1) is 0 Å². The molecule has 0 saturated carbocycles. The highest BCUT2D eigenvalue weighted by Gasteiger charge is 2.32. The number of amides is 1. The number of hydrogen-bond donors (Lipinski definition) is 2. The Morgan fingerprint density at radius 3 is 3.00 bits per heavy atom. The van der Waals surface area contributed by atoms with Gasteiger partial charge >= 0.3 is 0 Å². The van der Waals surface area contributed by atoms with Crippen molar-refractivity contribution < 1.29 is 9.53 Å². The van der Waals surface area contributed by atoms with Gasteiger partial charge in [0.2, 0.25) is 0 Å². The Kier molecular flexibility index (Phi) is 4.27. The quantitative estimate of drug-likeness (QED) is 0.888. The van der Waals surface area contributed by atoms with Crippen molar-refractivity contribution in [3.8, 4) is 0 Å². The first-order valence-corrected chi connectivity index (χ1v) is 6.72. The Morgan fingerprint density at radius 2 is 2.37 bits per heavy atom. The molecule has 1 aromatic heterocycles. The number of carbonyl (C=O) groups excluding carboxylic acids is 1. The first-order chi connectivity index (χ1) is 9.04. The van der Waals surface area contributed by atoms with Crippen LogP contribution in [0.4, 0.5) is 5.82 Å². The summed E-state index contributed by atoms with van der Waals surface area (Å²) in [5.41, 5.74) is -0.0933. The number of hydrogen-bond acceptors (Lipinski definition) is 4. The summed E-state index contributed by atoms with van der Waals surface area (Å²) >= 11 is 6.04. The van der Waals surface area contributed by atoms with E-state index in [1.54, 1.807) is 12.1 Å². The van der Waals surface area contributed by atoms with Crippen LogP contribution in [0.3, 0.4) is 0 Å². The maximum atomic E-state index is 12.2. The van der Waals surface area contributed by atoms with E-state index in [4.69, 9.17) is 16.3 Å². The van der Waals surface area contributed by atoms with Crippen LogP contribution in [0, 0.1) is 0 Å². The van der Waals surface area contributed by atoms with Crippen LogP contribution in [-0.2, 0) is 4.74 Å². The average molecular weight is 284 g/mol. The van der Waals surface area contributed by atoms with Crippen molar-refractivity contribution in [2.45, 2.75) is 25.8 Å². The highest BCUT2D eigenvalue weighted by atomic mass is 35.5. The van der Waals surface area contributed by atoms with Gasteiger partial charge in [0.15, 0.2) is 0 Å². The lowest BCUT2D eigenvalue weighted by Crippen LogP contribution is -2.46. The minimum atomic E-state index is -0.337. The maximum Gasteiger partial charge on any atom is 0.272 e. The number of aromatic nitrogens is 1. The van der Waals surface area contributed by atoms with E-state index in [1.807, 2.05) is 13.8 Å². The van der Waals surface area contributed by atoms with Crippen LogP contribution in [0.1, 0.15) is 30.8 Å². The average Bonchev–Trinajstić information content (AvgIpc) is 2.78. The SMILES string of the molecule is CCNc1ccc(Cl)c(C(=O)NC2(C)CCOC2)n1. The smallest absolute Gasteiger partial charge is 0.272 e. The van der Waals surface area contributed by atoms with Crippen LogP contribution in [-0.4, -0.2) is 36.2 Å². The third-order valence-corrected chi connectivity index (χ3v) is 3.36. The van der Waals surface area contributed by atoms with Crippen molar-refractivity contribution >= 4 is 23.3 Å². The Labute approximate surface area is 117 Å². The third kappa shape index (κ3) is 3.36. The lowest BCUT2D eigenvalue weighted by Gasteiger charge is -2.23. The van der Waals surface area contributed by atoms with Crippen LogP contribution in [0.25, 0.3) is 0 Å². The summed E-state index contributed by atoms with van der Waals surface area (Å²) < 4.78 is 5.31. The molecule has 0 bridgehead atoms. The van der Waals surface area contributed by atoms with Gasteiger partial charge in [0.25, 0.3) is 5.91 Å². The number of nitrogens with zero attached hydrogens (tertiary/aromatic N) is 1. The normalized spacial score (nSPS) is 22.3. The summed E-state index contributed by atoms with van der Waals surface area (Å²) in [4.78, 5) is 16.5. The van der Waals surface area contributed by atoms with Crippen molar-refractivity contribution in [2.75, 3.05) is 25.1 Å². The number of rotatable bonds is 4. The molecule has 1 unspecified atom stereocenters. The minimum Gasteiger partial charge on any atom is -0.379 e. The molecule has 0 spiro atoms. The predicted octanol–water partition coefficient (Wildman–Crippen LogP) is 2.08. The second kappa shape index (κ2) is 5.75. The zero-order valence-corrected chi connectivity index (χ0v) is 11.9. The highest BCUT2D eigenvalue weighted by molar-refractivity contribution is 6.33. The summed E-state index contributed by atoms with van der Waals surface area (Å²) in [7, 11) is 0. The van der Waals surface area contributed by atoms with Crippen molar-refractivity contribution in [1.82, 2.24) is 10.3 Å². The molecule has 1 aliphatic rings. The lowest BCUT2D eigenvalue weighted by atomic mass is 10.0. The summed E-state index contributed by atoms with van der Waals surface area (Å²) in [6.45, 7) is 5.84. The summed E-state index contributed by atoms with van der Waals surface area (Å²) in [6.07, 6.45) is 0.795. The Bertz CT molecular complexity index is 473. The second-order valence-electron chi connectivity index (χ2n) is 4.87.